The van der Waals surface area contributed by atoms with E-state index in [1.165, 1.54) is 12.1 Å². The number of halogens is 1. The largest absolute Gasteiger partial charge is 0.504 e. The summed E-state index contributed by atoms with van der Waals surface area (Å²) in [5.41, 5.74) is 1.04. The number of piperidine rings is 1. The molecule has 4 rings (SSSR count). The zero-order valence-electron chi connectivity index (χ0n) is 19.6. The van der Waals surface area contributed by atoms with Crippen molar-refractivity contribution in [1.29, 1.82) is 0 Å². The van der Waals surface area contributed by atoms with Crippen LogP contribution in [0.25, 0.3) is 0 Å². The molecule has 2 aliphatic heterocycles. The summed E-state index contributed by atoms with van der Waals surface area (Å²) in [5, 5.41) is 10.1. The fourth-order valence-electron chi connectivity index (χ4n) is 5.14. The van der Waals surface area contributed by atoms with Gasteiger partial charge in [0.05, 0.1) is 17.3 Å². The van der Waals surface area contributed by atoms with Gasteiger partial charge in [-0.05, 0) is 69.5 Å². The van der Waals surface area contributed by atoms with E-state index in [1.54, 1.807) is 33.9 Å². The van der Waals surface area contributed by atoms with Gasteiger partial charge in [-0.1, -0.05) is 23.1 Å². The van der Waals surface area contributed by atoms with Crippen molar-refractivity contribution in [2.75, 3.05) is 24.4 Å². The van der Waals surface area contributed by atoms with Gasteiger partial charge in [0.25, 0.3) is 0 Å². The number of likely N-dealkylation sites (tertiary alicyclic amines) is 1. The minimum atomic E-state index is -3.23. The van der Waals surface area contributed by atoms with Gasteiger partial charge in [0, 0.05) is 32.7 Å². The fraction of sp³-hybridized carbons (Fsp3) is 0.500. The summed E-state index contributed by atoms with van der Waals surface area (Å²) in [6.45, 7) is 7.92. The smallest absolute Gasteiger partial charge is 0.161 e. The van der Waals surface area contributed by atoms with E-state index in [0.29, 0.717) is 37.4 Å². The summed E-state index contributed by atoms with van der Waals surface area (Å²) >= 11 is 0. The highest BCUT2D eigenvalue weighted by molar-refractivity contribution is 8.23. The SMILES string of the molecule is CC(C)Oc1cc(CN2CC[C@@]3(C[C@@H]2C)CN(C)S(O)(O)N3c2cccc(F)c2)ccc1O. The molecule has 2 atom stereocenters. The molecule has 0 saturated carbocycles. The van der Waals surface area contributed by atoms with E-state index >= 15 is 0 Å². The molecule has 0 unspecified atom stereocenters. The summed E-state index contributed by atoms with van der Waals surface area (Å²) < 4.78 is 45.0. The van der Waals surface area contributed by atoms with Crippen LogP contribution in [-0.2, 0) is 6.54 Å². The van der Waals surface area contributed by atoms with Crippen molar-refractivity contribution in [3.05, 3.63) is 53.8 Å². The van der Waals surface area contributed by atoms with Gasteiger partial charge in [0.15, 0.2) is 11.5 Å². The molecule has 0 amide bonds. The molecule has 3 N–H and O–H groups in total. The Morgan fingerprint density at radius 3 is 2.64 bits per heavy atom. The number of hydrogen-bond donors (Lipinski definition) is 3. The normalized spacial score (nSPS) is 26.8. The topological polar surface area (TPSA) is 79.6 Å². The molecule has 2 heterocycles. The molecule has 0 aromatic heterocycles. The molecule has 9 heteroatoms. The molecule has 2 saturated heterocycles. The van der Waals surface area contributed by atoms with Crippen molar-refractivity contribution in [3.8, 4) is 11.5 Å². The Labute approximate surface area is 197 Å². The van der Waals surface area contributed by atoms with E-state index in [4.69, 9.17) is 4.74 Å². The maximum Gasteiger partial charge on any atom is 0.161 e. The van der Waals surface area contributed by atoms with Crippen molar-refractivity contribution in [3.63, 3.8) is 0 Å². The van der Waals surface area contributed by atoms with Gasteiger partial charge in [-0.3, -0.25) is 18.3 Å². The van der Waals surface area contributed by atoms with Gasteiger partial charge in [-0.25, -0.2) is 4.39 Å². The number of anilines is 1. The first-order valence-corrected chi connectivity index (χ1v) is 12.8. The standard InChI is InChI=1S/C24H34FN3O4S/c1-17(2)32-23-12-19(8-9-22(23)29)15-27-11-10-24(14-18(27)3)16-26(4)33(30,31)28(24)21-7-5-6-20(25)13-21/h5-9,12-13,17-18,29-31H,10-11,14-16H2,1-4H3/t18-,24+/m0/s1. The van der Waals surface area contributed by atoms with E-state index in [1.807, 2.05) is 26.0 Å². The van der Waals surface area contributed by atoms with Crippen LogP contribution in [0.15, 0.2) is 42.5 Å². The first-order chi connectivity index (χ1) is 15.5. The first-order valence-electron chi connectivity index (χ1n) is 11.3. The number of likely N-dealkylation sites (N-methyl/N-ethyl adjacent to an activating group) is 1. The number of benzene rings is 2. The van der Waals surface area contributed by atoms with E-state index in [0.717, 1.165) is 12.1 Å². The molecule has 2 aliphatic rings. The van der Waals surface area contributed by atoms with Crippen LogP contribution in [0.2, 0.25) is 0 Å². The lowest BCUT2D eigenvalue weighted by Gasteiger charge is -2.51. The minimum Gasteiger partial charge on any atom is -0.504 e. The van der Waals surface area contributed by atoms with Gasteiger partial charge < -0.3 is 9.84 Å². The highest BCUT2D eigenvalue weighted by Crippen LogP contribution is 2.61. The molecule has 2 fully saturated rings. The third kappa shape index (κ3) is 4.65. The van der Waals surface area contributed by atoms with E-state index < -0.39 is 22.3 Å². The van der Waals surface area contributed by atoms with Crippen LogP contribution in [0.3, 0.4) is 0 Å². The molecule has 0 bridgehead atoms. The van der Waals surface area contributed by atoms with Crippen molar-refractivity contribution in [2.24, 2.45) is 0 Å². The number of phenolic OH excluding ortho intramolecular Hbond substituents is 1. The molecule has 33 heavy (non-hydrogen) atoms. The maximum atomic E-state index is 14.0. The molecular weight excluding hydrogens is 445 g/mol. The van der Waals surface area contributed by atoms with Crippen molar-refractivity contribution in [2.45, 2.75) is 57.8 Å². The lowest BCUT2D eigenvalue weighted by Crippen LogP contribution is -2.57. The molecule has 182 valence electrons. The monoisotopic (exact) mass is 479 g/mol. The van der Waals surface area contributed by atoms with Gasteiger partial charge in [-0.2, -0.15) is 4.31 Å². The number of ether oxygens (including phenoxy) is 1. The summed E-state index contributed by atoms with van der Waals surface area (Å²) in [7, 11) is -1.52. The Hall–Kier alpha value is -2.04. The van der Waals surface area contributed by atoms with Gasteiger partial charge in [0.1, 0.15) is 5.82 Å². The average molecular weight is 480 g/mol. The number of rotatable bonds is 5. The van der Waals surface area contributed by atoms with Crippen LogP contribution in [-0.4, -0.2) is 61.2 Å². The molecule has 0 aliphatic carbocycles. The summed E-state index contributed by atoms with van der Waals surface area (Å²) in [5.74, 6) is 0.208. The number of nitrogens with zero attached hydrogens (tertiary/aromatic N) is 3. The lowest BCUT2D eigenvalue weighted by molar-refractivity contribution is 0.100. The highest BCUT2D eigenvalue weighted by Gasteiger charge is 2.55. The van der Waals surface area contributed by atoms with Crippen molar-refractivity contribution in [1.82, 2.24) is 9.21 Å². The minimum absolute atomic E-state index is 0.0344. The Morgan fingerprint density at radius 2 is 1.97 bits per heavy atom. The number of phenols is 1. The third-order valence-corrected chi connectivity index (χ3v) is 8.64. The van der Waals surface area contributed by atoms with Crippen LogP contribution in [0.4, 0.5) is 10.1 Å². The Kier molecular flexibility index (Phi) is 6.54. The molecule has 0 radical (unpaired) electrons. The van der Waals surface area contributed by atoms with Crippen LogP contribution in [0, 0.1) is 5.82 Å². The zero-order chi connectivity index (χ0) is 24.0. The molecule has 7 nitrogen and oxygen atoms in total. The Balaban J connectivity index is 1.55. The summed E-state index contributed by atoms with van der Waals surface area (Å²) in [4.78, 5) is 2.35. The van der Waals surface area contributed by atoms with Crippen molar-refractivity contribution < 1.29 is 23.3 Å². The van der Waals surface area contributed by atoms with Crippen LogP contribution in [0.1, 0.15) is 39.2 Å². The van der Waals surface area contributed by atoms with Gasteiger partial charge >= 0.3 is 0 Å². The van der Waals surface area contributed by atoms with E-state index in [2.05, 4.69) is 11.8 Å². The predicted octanol–water partition coefficient (Wildman–Crippen LogP) is 5.07. The Morgan fingerprint density at radius 1 is 1.21 bits per heavy atom. The number of aromatic hydroxyl groups is 1. The van der Waals surface area contributed by atoms with Crippen LogP contribution in [0.5, 0.6) is 11.5 Å². The van der Waals surface area contributed by atoms with E-state index in [9.17, 15) is 18.6 Å². The molecular formula is C24H34FN3O4S. The second kappa shape index (κ2) is 8.96. The number of hydrogen-bond acceptors (Lipinski definition) is 7. The van der Waals surface area contributed by atoms with Crippen LogP contribution >= 0.6 is 11.0 Å². The first kappa shape index (κ1) is 24.1. The fourth-order valence-corrected chi connectivity index (χ4v) is 6.97. The highest BCUT2D eigenvalue weighted by atomic mass is 32.3. The van der Waals surface area contributed by atoms with Gasteiger partial charge in [-0.15, -0.1) is 0 Å². The van der Waals surface area contributed by atoms with Gasteiger partial charge in [0.2, 0.25) is 0 Å². The predicted molar refractivity (Wildman–Crippen MR) is 130 cm³/mol. The third-order valence-electron chi connectivity index (χ3n) is 6.59. The second-order valence-corrected chi connectivity index (χ2v) is 11.5. The zero-order valence-corrected chi connectivity index (χ0v) is 20.4. The second-order valence-electron chi connectivity index (χ2n) is 9.52. The quantitative estimate of drug-likeness (QED) is 0.552. The Bertz CT molecular complexity index is 1010. The lowest BCUT2D eigenvalue weighted by atomic mass is 9.82. The maximum absolute atomic E-state index is 14.0. The molecule has 1 spiro atoms. The van der Waals surface area contributed by atoms with E-state index in [-0.39, 0.29) is 17.9 Å². The van der Waals surface area contributed by atoms with Crippen LogP contribution < -0.4 is 9.04 Å². The molecule has 2 aromatic rings. The molecule has 2 aromatic carbocycles. The average Bonchev–Trinajstić information content (AvgIpc) is 2.91. The van der Waals surface area contributed by atoms with Crippen molar-refractivity contribution >= 4 is 16.6 Å². The summed E-state index contributed by atoms with van der Waals surface area (Å²) in [6.07, 6.45) is 1.38. The summed E-state index contributed by atoms with van der Waals surface area (Å²) in [6, 6.07) is 11.7.